The summed E-state index contributed by atoms with van der Waals surface area (Å²) in [5.74, 6) is 1.09. The Morgan fingerprint density at radius 2 is 1.71 bits per heavy atom. The van der Waals surface area contributed by atoms with Crippen LogP contribution in [-0.2, 0) is 0 Å². The van der Waals surface area contributed by atoms with Crippen LogP contribution in [0.1, 0.15) is 17.2 Å². The molecule has 1 N–H and O–H groups in total. The van der Waals surface area contributed by atoms with Crippen molar-refractivity contribution in [2.45, 2.75) is 6.04 Å². The van der Waals surface area contributed by atoms with Crippen LogP contribution < -0.4 is 14.8 Å². The molecule has 0 saturated heterocycles. The minimum atomic E-state index is -0.289. The van der Waals surface area contributed by atoms with Crippen LogP contribution in [-0.4, -0.2) is 21.3 Å². The molecule has 2 aromatic rings. The number of benzene rings is 2. The first-order valence-corrected chi connectivity index (χ1v) is 7.24. The van der Waals surface area contributed by atoms with Crippen molar-refractivity contribution >= 4 is 15.9 Å². The van der Waals surface area contributed by atoms with Crippen LogP contribution in [0.25, 0.3) is 0 Å². The summed E-state index contributed by atoms with van der Waals surface area (Å²) in [6.07, 6.45) is 0. The summed E-state index contributed by atoms with van der Waals surface area (Å²) in [6, 6.07) is 10.4. The van der Waals surface area contributed by atoms with E-state index in [1.807, 2.05) is 25.2 Å². The third kappa shape index (κ3) is 3.36. The predicted molar refractivity (Wildman–Crippen MR) is 84.5 cm³/mol. The first-order chi connectivity index (χ1) is 10.1. The van der Waals surface area contributed by atoms with Crippen molar-refractivity contribution in [1.82, 2.24) is 5.32 Å². The van der Waals surface area contributed by atoms with E-state index in [1.54, 1.807) is 26.4 Å². The lowest BCUT2D eigenvalue weighted by Crippen LogP contribution is -2.18. The fourth-order valence-electron chi connectivity index (χ4n) is 2.24. The van der Waals surface area contributed by atoms with Crippen molar-refractivity contribution in [2.75, 3.05) is 21.3 Å². The van der Waals surface area contributed by atoms with Crippen molar-refractivity contribution in [3.05, 3.63) is 57.8 Å². The van der Waals surface area contributed by atoms with E-state index < -0.39 is 0 Å². The molecule has 2 aromatic carbocycles. The highest BCUT2D eigenvalue weighted by molar-refractivity contribution is 9.10. The summed E-state index contributed by atoms with van der Waals surface area (Å²) >= 11 is 3.31. The molecule has 21 heavy (non-hydrogen) atoms. The van der Waals surface area contributed by atoms with Crippen molar-refractivity contribution in [3.8, 4) is 11.5 Å². The number of halogens is 2. The van der Waals surface area contributed by atoms with Gasteiger partial charge < -0.3 is 14.8 Å². The standard InChI is InChI=1S/C16H17BrFNO2/c1-19-16(13-5-4-6-14(18)15(13)17)10-7-11(20-2)9-12(8-10)21-3/h4-9,16,19H,1-3H3. The Morgan fingerprint density at radius 3 is 2.24 bits per heavy atom. The van der Waals surface area contributed by atoms with Crippen LogP contribution in [0, 0.1) is 5.82 Å². The summed E-state index contributed by atoms with van der Waals surface area (Å²) < 4.78 is 24.8. The Hall–Kier alpha value is -1.59. The van der Waals surface area contributed by atoms with E-state index in [2.05, 4.69) is 21.2 Å². The molecule has 1 atom stereocenters. The van der Waals surface area contributed by atoms with Gasteiger partial charge in [-0.1, -0.05) is 12.1 Å². The second-order valence-corrected chi connectivity index (χ2v) is 5.30. The fraction of sp³-hybridized carbons (Fsp3) is 0.250. The van der Waals surface area contributed by atoms with Crippen LogP contribution in [0.15, 0.2) is 40.9 Å². The number of hydrogen-bond acceptors (Lipinski definition) is 3. The van der Waals surface area contributed by atoms with Gasteiger partial charge in [-0.05, 0) is 52.3 Å². The summed E-state index contributed by atoms with van der Waals surface area (Å²) in [5, 5.41) is 3.20. The molecule has 0 amide bonds. The zero-order valence-electron chi connectivity index (χ0n) is 12.1. The zero-order valence-corrected chi connectivity index (χ0v) is 13.7. The van der Waals surface area contributed by atoms with Crippen LogP contribution in [0.4, 0.5) is 4.39 Å². The minimum absolute atomic E-state index is 0.181. The number of nitrogens with one attached hydrogen (secondary N) is 1. The van der Waals surface area contributed by atoms with Gasteiger partial charge in [0.15, 0.2) is 0 Å². The molecule has 112 valence electrons. The lowest BCUT2D eigenvalue weighted by molar-refractivity contribution is 0.392. The molecule has 0 radical (unpaired) electrons. The molecule has 0 aromatic heterocycles. The van der Waals surface area contributed by atoms with E-state index in [0.29, 0.717) is 16.0 Å². The molecule has 0 spiro atoms. The van der Waals surface area contributed by atoms with Crippen LogP contribution in [0.2, 0.25) is 0 Å². The number of methoxy groups -OCH3 is 2. The van der Waals surface area contributed by atoms with Gasteiger partial charge in [-0.2, -0.15) is 0 Å². The van der Waals surface area contributed by atoms with Gasteiger partial charge in [0.1, 0.15) is 17.3 Å². The van der Waals surface area contributed by atoms with Crippen molar-refractivity contribution in [1.29, 1.82) is 0 Å². The normalized spacial score (nSPS) is 12.0. The molecular formula is C16H17BrFNO2. The quantitative estimate of drug-likeness (QED) is 0.883. The second-order valence-electron chi connectivity index (χ2n) is 4.51. The molecule has 5 heteroatoms. The maximum atomic E-state index is 13.8. The van der Waals surface area contributed by atoms with Crippen LogP contribution >= 0.6 is 15.9 Å². The number of ether oxygens (including phenoxy) is 2. The van der Waals surface area contributed by atoms with Gasteiger partial charge in [0.2, 0.25) is 0 Å². The number of rotatable bonds is 5. The van der Waals surface area contributed by atoms with Gasteiger partial charge in [0.25, 0.3) is 0 Å². The molecule has 0 saturated carbocycles. The van der Waals surface area contributed by atoms with Gasteiger partial charge in [-0.25, -0.2) is 4.39 Å². The monoisotopic (exact) mass is 353 g/mol. The fourth-order valence-corrected chi connectivity index (χ4v) is 2.73. The Kier molecular flexibility index (Phi) is 5.20. The van der Waals surface area contributed by atoms with Gasteiger partial charge >= 0.3 is 0 Å². The predicted octanol–water partition coefficient (Wildman–Crippen LogP) is 3.91. The largest absolute Gasteiger partial charge is 0.497 e. The van der Waals surface area contributed by atoms with E-state index >= 15 is 0 Å². The van der Waals surface area contributed by atoms with E-state index in [-0.39, 0.29) is 11.9 Å². The van der Waals surface area contributed by atoms with Crippen molar-refractivity contribution in [2.24, 2.45) is 0 Å². The zero-order chi connectivity index (χ0) is 15.4. The maximum absolute atomic E-state index is 13.8. The molecule has 0 heterocycles. The lowest BCUT2D eigenvalue weighted by Gasteiger charge is -2.20. The molecule has 3 nitrogen and oxygen atoms in total. The summed E-state index contributed by atoms with van der Waals surface area (Å²) in [5.41, 5.74) is 1.74. The SMILES string of the molecule is CNC(c1cc(OC)cc(OC)c1)c1cccc(F)c1Br. The topological polar surface area (TPSA) is 30.5 Å². The average molecular weight is 354 g/mol. The highest BCUT2D eigenvalue weighted by Gasteiger charge is 2.18. The van der Waals surface area contributed by atoms with Gasteiger partial charge in [0.05, 0.1) is 24.7 Å². The Morgan fingerprint density at radius 1 is 1.10 bits per heavy atom. The van der Waals surface area contributed by atoms with E-state index in [0.717, 1.165) is 11.1 Å². The lowest BCUT2D eigenvalue weighted by atomic mass is 9.98. The van der Waals surface area contributed by atoms with E-state index in [9.17, 15) is 4.39 Å². The van der Waals surface area contributed by atoms with Crippen LogP contribution in [0.5, 0.6) is 11.5 Å². The summed E-state index contributed by atoms with van der Waals surface area (Å²) in [4.78, 5) is 0. The molecule has 2 rings (SSSR count). The summed E-state index contributed by atoms with van der Waals surface area (Å²) in [7, 11) is 5.03. The number of hydrogen-bond donors (Lipinski definition) is 1. The third-order valence-corrected chi connectivity index (χ3v) is 4.12. The molecular weight excluding hydrogens is 337 g/mol. The highest BCUT2D eigenvalue weighted by atomic mass is 79.9. The minimum Gasteiger partial charge on any atom is -0.497 e. The van der Waals surface area contributed by atoms with Crippen molar-refractivity contribution < 1.29 is 13.9 Å². The highest BCUT2D eigenvalue weighted by Crippen LogP contribution is 2.33. The van der Waals surface area contributed by atoms with E-state index in [1.165, 1.54) is 6.07 Å². The first-order valence-electron chi connectivity index (χ1n) is 6.44. The van der Waals surface area contributed by atoms with E-state index in [4.69, 9.17) is 9.47 Å². The third-order valence-electron chi connectivity index (χ3n) is 3.29. The Labute approximate surface area is 132 Å². The first kappa shape index (κ1) is 15.8. The summed E-state index contributed by atoms with van der Waals surface area (Å²) in [6.45, 7) is 0. The second kappa shape index (κ2) is 6.91. The average Bonchev–Trinajstić information content (AvgIpc) is 2.51. The van der Waals surface area contributed by atoms with Crippen molar-refractivity contribution in [3.63, 3.8) is 0 Å². The molecule has 0 fully saturated rings. The Balaban J connectivity index is 2.53. The van der Waals surface area contributed by atoms with Crippen LogP contribution in [0.3, 0.4) is 0 Å². The molecule has 0 bridgehead atoms. The molecule has 0 aliphatic rings. The molecule has 1 unspecified atom stereocenters. The maximum Gasteiger partial charge on any atom is 0.137 e. The Bertz CT molecular complexity index is 611. The molecule has 0 aliphatic heterocycles. The van der Waals surface area contributed by atoms with Gasteiger partial charge in [0, 0.05) is 6.07 Å². The van der Waals surface area contributed by atoms with Gasteiger partial charge in [-0.15, -0.1) is 0 Å². The smallest absolute Gasteiger partial charge is 0.137 e. The molecule has 0 aliphatic carbocycles. The van der Waals surface area contributed by atoms with Gasteiger partial charge in [-0.3, -0.25) is 0 Å².